The van der Waals surface area contributed by atoms with Crippen LogP contribution in [0.4, 0.5) is 0 Å². The third kappa shape index (κ3) is 4.30. The molecule has 1 unspecified atom stereocenters. The van der Waals surface area contributed by atoms with Crippen LogP contribution in [0, 0.1) is 0 Å². The summed E-state index contributed by atoms with van der Waals surface area (Å²) in [5, 5.41) is 10.9. The largest absolute Gasteiger partial charge is 0.478 e. The van der Waals surface area contributed by atoms with Gasteiger partial charge >= 0.3 is 5.97 Å². The minimum atomic E-state index is -0.862. The van der Waals surface area contributed by atoms with E-state index in [2.05, 4.69) is 39.8 Å². The van der Waals surface area contributed by atoms with E-state index >= 15 is 0 Å². The van der Waals surface area contributed by atoms with Crippen molar-refractivity contribution in [2.75, 3.05) is 26.2 Å². The Morgan fingerprint density at radius 1 is 0.943 bits per heavy atom. The fraction of sp³-hybridized carbons (Fsp3) is 0.500. The number of ether oxygens (including phenoxy) is 1. The number of fused-ring (bicyclic) bond motifs is 5. The van der Waals surface area contributed by atoms with Crippen LogP contribution in [0.15, 0.2) is 42.5 Å². The predicted molar refractivity (Wildman–Crippen MR) is 139 cm³/mol. The highest BCUT2D eigenvalue weighted by Gasteiger charge is 2.31. The molecule has 2 aliphatic heterocycles. The van der Waals surface area contributed by atoms with Gasteiger partial charge in [-0.3, -0.25) is 0 Å². The maximum absolute atomic E-state index is 11.8. The lowest BCUT2D eigenvalue weighted by Crippen LogP contribution is -2.25. The van der Waals surface area contributed by atoms with E-state index in [0.29, 0.717) is 11.5 Å². The molecule has 184 valence electrons. The van der Waals surface area contributed by atoms with Crippen LogP contribution in [-0.4, -0.2) is 46.8 Å². The molecule has 3 aliphatic rings. The van der Waals surface area contributed by atoms with Crippen molar-refractivity contribution in [1.29, 1.82) is 0 Å². The van der Waals surface area contributed by atoms with Crippen molar-refractivity contribution in [2.45, 2.75) is 69.9 Å². The lowest BCUT2D eigenvalue weighted by Gasteiger charge is -2.24. The first-order chi connectivity index (χ1) is 17.2. The Balaban J connectivity index is 1.44. The number of hydrogen-bond donors (Lipinski definition) is 1. The fourth-order valence-electron chi connectivity index (χ4n) is 6.74. The first-order valence-electron chi connectivity index (χ1n) is 13.5. The second kappa shape index (κ2) is 9.79. The molecular formula is C30H36N2O3. The van der Waals surface area contributed by atoms with Crippen molar-refractivity contribution in [3.8, 4) is 11.3 Å². The first-order valence-corrected chi connectivity index (χ1v) is 13.5. The molecule has 2 fully saturated rings. The number of carbonyl (C=O) groups is 1. The highest BCUT2D eigenvalue weighted by Crippen LogP contribution is 2.47. The van der Waals surface area contributed by atoms with E-state index < -0.39 is 5.97 Å². The average Bonchev–Trinajstić information content (AvgIpc) is 3.48. The van der Waals surface area contributed by atoms with Crippen LogP contribution in [0.5, 0.6) is 0 Å². The minimum Gasteiger partial charge on any atom is -0.478 e. The Morgan fingerprint density at radius 3 is 2.54 bits per heavy atom. The van der Waals surface area contributed by atoms with E-state index in [-0.39, 0.29) is 6.10 Å². The van der Waals surface area contributed by atoms with Crippen molar-refractivity contribution >= 4 is 16.9 Å². The van der Waals surface area contributed by atoms with Gasteiger partial charge in [-0.2, -0.15) is 0 Å². The van der Waals surface area contributed by atoms with Gasteiger partial charge in [0.1, 0.15) is 0 Å². The fourth-order valence-corrected chi connectivity index (χ4v) is 6.74. The summed E-state index contributed by atoms with van der Waals surface area (Å²) in [6.07, 6.45) is 9.85. The van der Waals surface area contributed by atoms with Gasteiger partial charge in [0.15, 0.2) is 0 Å². The van der Waals surface area contributed by atoms with Crippen molar-refractivity contribution in [1.82, 2.24) is 9.47 Å². The summed E-state index contributed by atoms with van der Waals surface area (Å²) in [4.78, 5) is 14.3. The van der Waals surface area contributed by atoms with Gasteiger partial charge in [-0.25, -0.2) is 4.79 Å². The van der Waals surface area contributed by atoms with Gasteiger partial charge in [-0.15, -0.1) is 0 Å². The summed E-state index contributed by atoms with van der Waals surface area (Å²) in [6, 6.07) is 14.5. The Bertz CT molecular complexity index is 1220. The molecule has 0 bridgehead atoms. The second-order valence-corrected chi connectivity index (χ2v) is 10.6. The minimum absolute atomic E-state index is 0.0608. The normalized spacial score (nSPS) is 21.1. The topological polar surface area (TPSA) is 54.7 Å². The highest BCUT2D eigenvalue weighted by molar-refractivity contribution is 5.98. The van der Waals surface area contributed by atoms with Gasteiger partial charge in [0.25, 0.3) is 0 Å². The van der Waals surface area contributed by atoms with Crippen LogP contribution >= 0.6 is 0 Å². The van der Waals surface area contributed by atoms with E-state index in [4.69, 9.17) is 4.74 Å². The predicted octanol–water partition coefficient (Wildman–Crippen LogP) is 6.61. The van der Waals surface area contributed by atoms with Crippen LogP contribution in [0.2, 0.25) is 0 Å². The molecule has 5 nitrogen and oxygen atoms in total. The molecule has 1 saturated carbocycles. The van der Waals surface area contributed by atoms with Gasteiger partial charge in [-0.1, -0.05) is 49.6 Å². The zero-order valence-corrected chi connectivity index (χ0v) is 20.5. The Labute approximate surface area is 207 Å². The molecule has 35 heavy (non-hydrogen) atoms. The Hall–Kier alpha value is -2.63. The van der Waals surface area contributed by atoms with Gasteiger partial charge in [0.2, 0.25) is 0 Å². The lowest BCUT2D eigenvalue weighted by molar-refractivity contribution is 0.0336. The number of carboxylic acid groups (broad SMARTS) is 1. The van der Waals surface area contributed by atoms with Crippen LogP contribution < -0.4 is 0 Å². The Morgan fingerprint density at radius 2 is 1.74 bits per heavy atom. The average molecular weight is 473 g/mol. The summed E-state index contributed by atoms with van der Waals surface area (Å²) in [5.41, 5.74) is 6.71. The molecule has 0 radical (unpaired) electrons. The lowest BCUT2D eigenvalue weighted by atomic mass is 9.81. The van der Waals surface area contributed by atoms with Crippen molar-refractivity contribution < 1.29 is 14.6 Å². The number of likely N-dealkylation sites (tertiary alicyclic amines) is 1. The van der Waals surface area contributed by atoms with Gasteiger partial charge < -0.3 is 19.3 Å². The molecule has 1 aliphatic carbocycles. The van der Waals surface area contributed by atoms with E-state index in [1.165, 1.54) is 85.8 Å². The number of benzene rings is 2. The molecule has 1 N–H and O–H groups in total. The molecule has 6 rings (SSSR count). The molecule has 3 heterocycles. The number of nitrogens with zero attached hydrogens (tertiary/aromatic N) is 2. The SMILES string of the molecule is O=C(O)c1ccc2c(C3CCCCC3)c3n(c2c1)CCC(OCCN1CCCC1)c1ccccc1-3. The van der Waals surface area contributed by atoms with E-state index in [1.54, 1.807) is 6.07 Å². The van der Waals surface area contributed by atoms with Crippen LogP contribution in [0.25, 0.3) is 22.2 Å². The maximum Gasteiger partial charge on any atom is 0.335 e. The molecule has 1 aromatic heterocycles. The third-order valence-electron chi connectivity index (χ3n) is 8.47. The van der Waals surface area contributed by atoms with Crippen molar-refractivity contribution in [3.05, 3.63) is 59.2 Å². The molecular weight excluding hydrogens is 436 g/mol. The molecule has 5 heteroatoms. The van der Waals surface area contributed by atoms with Gasteiger partial charge in [0, 0.05) is 29.6 Å². The molecule has 1 saturated heterocycles. The van der Waals surface area contributed by atoms with Gasteiger partial charge in [-0.05, 0) is 74.4 Å². The summed E-state index contributed by atoms with van der Waals surface area (Å²) in [5.74, 6) is -0.335. The number of hydrogen-bond acceptors (Lipinski definition) is 3. The number of carboxylic acids is 1. The van der Waals surface area contributed by atoms with Crippen molar-refractivity contribution in [3.63, 3.8) is 0 Å². The molecule has 1 atom stereocenters. The zero-order chi connectivity index (χ0) is 23.8. The van der Waals surface area contributed by atoms with Crippen LogP contribution in [0.1, 0.15) is 84.9 Å². The summed E-state index contributed by atoms with van der Waals surface area (Å²) >= 11 is 0. The standard InChI is InChI=1S/C30H36N2O3/c33-30(34)22-12-13-25-26(20-22)32-17-14-27(35-19-18-31-15-6-7-16-31)23-10-4-5-11-24(23)29(32)28(25)21-8-2-1-3-9-21/h4-5,10-13,20-21,27H,1-3,6-9,14-19H2,(H,33,34). The smallest absolute Gasteiger partial charge is 0.335 e. The van der Waals surface area contributed by atoms with Crippen molar-refractivity contribution in [2.24, 2.45) is 0 Å². The highest BCUT2D eigenvalue weighted by atomic mass is 16.5. The third-order valence-corrected chi connectivity index (χ3v) is 8.47. The molecule has 0 spiro atoms. The zero-order valence-electron chi connectivity index (χ0n) is 20.5. The maximum atomic E-state index is 11.8. The number of aryl methyl sites for hydroxylation is 1. The summed E-state index contributed by atoms with van der Waals surface area (Å²) in [7, 11) is 0. The summed E-state index contributed by atoms with van der Waals surface area (Å²) < 4.78 is 8.97. The Kier molecular flexibility index (Phi) is 6.38. The number of aromatic nitrogens is 1. The second-order valence-electron chi connectivity index (χ2n) is 10.6. The van der Waals surface area contributed by atoms with Crippen LogP contribution in [0.3, 0.4) is 0 Å². The summed E-state index contributed by atoms with van der Waals surface area (Å²) in [6.45, 7) is 4.98. The van der Waals surface area contributed by atoms with Crippen LogP contribution in [-0.2, 0) is 11.3 Å². The van der Waals surface area contributed by atoms with Gasteiger partial charge in [0.05, 0.1) is 24.0 Å². The first kappa shape index (κ1) is 22.8. The molecule has 3 aromatic rings. The number of rotatable bonds is 6. The molecule has 0 amide bonds. The monoisotopic (exact) mass is 472 g/mol. The number of aromatic carboxylic acids is 1. The van der Waals surface area contributed by atoms with E-state index in [9.17, 15) is 9.90 Å². The molecule has 2 aromatic carbocycles. The quantitative estimate of drug-likeness (QED) is 0.438. The van der Waals surface area contributed by atoms with E-state index in [0.717, 1.165) is 31.6 Å². The van der Waals surface area contributed by atoms with E-state index in [1.807, 2.05) is 6.07 Å².